The van der Waals surface area contributed by atoms with Crippen LogP contribution >= 0.6 is 0 Å². The number of aliphatic hydroxyl groups excluding tert-OH is 1. The maximum atomic E-state index is 9.66. The van der Waals surface area contributed by atoms with Crippen molar-refractivity contribution in [1.29, 1.82) is 0 Å². The first-order valence-corrected chi connectivity index (χ1v) is 12.1. The molecule has 0 fully saturated rings. The van der Waals surface area contributed by atoms with E-state index in [0.717, 1.165) is 26.1 Å². The van der Waals surface area contributed by atoms with Gasteiger partial charge in [0, 0.05) is 13.2 Å². The average Bonchev–Trinajstić information content (AvgIpc) is 2.67. The SMILES string of the molecule is CCCCCCCCCCCCCCCCCCOCC(O)COCCC. The largest absolute Gasteiger partial charge is 0.388 e. The molecule has 0 aromatic heterocycles. The highest BCUT2D eigenvalue weighted by molar-refractivity contribution is 4.52. The lowest BCUT2D eigenvalue weighted by Crippen LogP contribution is -2.22. The summed E-state index contributed by atoms with van der Waals surface area (Å²) < 4.78 is 10.8. The molecule has 0 heterocycles. The maximum Gasteiger partial charge on any atom is 0.101 e. The van der Waals surface area contributed by atoms with Crippen molar-refractivity contribution in [3.05, 3.63) is 0 Å². The van der Waals surface area contributed by atoms with Gasteiger partial charge < -0.3 is 14.6 Å². The molecule has 1 N–H and O–H groups in total. The van der Waals surface area contributed by atoms with Crippen LogP contribution in [0.5, 0.6) is 0 Å². The number of ether oxygens (including phenoxy) is 2. The minimum absolute atomic E-state index is 0.396. The van der Waals surface area contributed by atoms with Crippen LogP contribution in [0.2, 0.25) is 0 Å². The fraction of sp³-hybridized carbons (Fsp3) is 1.00. The van der Waals surface area contributed by atoms with E-state index in [0.29, 0.717) is 13.2 Å². The van der Waals surface area contributed by atoms with Crippen LogP contribution in [0.1, 0.15) is 123 Å². The van der Waals surface area contributed by atoms with Crippen LogP contribution in [0.25, 0.3) is 0 Å². The first-order chi connectivity index (χ1) is 13.3. The number of hydrogen-bond acceptors (Lipinski definition) is 3. The molecule has 0 spiro atoms. The summed E-state index contributed by atoms with van der Waals surface area (Å²) in [6.45, 7) is 6.64. The van der Waals surface area contributed by atoms with E-state index < -0.39 is 6.10 Å². The zero-order chi connectivity index (χ0) is 19.8. The Labute approximate surface area is 170 Å². The van der Waals surface area contributed by atoms with Gasteiger partial charge in [-0.25, -0.2) is 0 Å². The smallest absolute Gasteiger partial charge is 0.101 e. The topological polar surface area (TPSA) is 38.7 Å². The van der Waals surface area contributed by atoms with Crippen LogP contribution in [0.3, 0.4) is 0 Å². The first-order valence-electron chi connectivity index (χ1n) is 12.1. The standard InChI is InChI=1S/C24H50O3/c1-3-5-6-7-8-9-10-11-12-13-14-15-16-17-18-19-21-27-23-24(25)22-26-20-4-2/h24-25H,3-23H2,1-2H3. The molecule has 0 aromatic carbocycles. The van der Waals surface area contributed by atoms with E-state index in [1.807, 2.05) is 0 Å². The minimum atomic E-state index is -0.474. The summed E-state index contributed by atoms with van der Waals surface area (Å²) >= 11 is 0. The van der Waals surface area contributed by atoms with E-state index in [1.54, 1.807) is 0 Å². The van der Waals surface area contributed by atoms with Gasteiger partial charge in [-0.1, -0.05) is 110 Å². The minimum Gasteiger partial charge on any atom is -0.388 e. The Balaban J connectivity index is 3.05. The highest BCUT2D eigenvalue weighted by Crippen LogP contribution is 2.13. The van der Waals surface area contributed by atoms with Gasteiger partial charge >= 0.3 is 0 Å². The van der Waals surface area contributed by atoms with Crippen molar-refractivity contribution in [3.8, 4) is 0 Å². The van der Waals surface area contributed by atoms with Crippen molar-refractivity contribution >= 4 is 0 Å². The molecule has 27 heavy (non-hydrogen) atoms. The Morgan fingerprint density at radius 3 is 1.26 bits per heavy atom. The summed E-state index contributed by atoms with van der Waals surface area (Å²) in [5.74, 6) is 0. The zero-order valence-corrected chi connectivity index (χ0v) is 18.7. The molecule has 0 bridgehead atoms. The quantitative estimate of drug-likeness (QED) is 0.191. The predicted octanol–water partition coefficient (Wildman–Crippen LogP) is 7.05. The second-order valence-corrected chi connectivity index (χ2v) is 8.11. The van der Waals surface area contributed by atoms with Gasteiger partial charge in [0.15, 0.2) is 0 Å². The summed E-state index contributed by atoms with van der Waals surface area (Å²) in [5, 5.41) is 9.66. The maximum absolute atomic E-state index is 9.66. The molecule has 0 amide bonds. The average molecular weight is 387 g/mol. The Morgan fingerprint density at radius 1 is 0.481 bits per heavy atom. The molecule has 3 heteroatoms. The third-order valence-corrected chi connectivity index (χ3v) is 5.11. The number of hydrogen-bond donors (Lipinski definition) is 1. The summed E-state index contributed by atoms with van der Waals surface area (Å²) in [7, 11) is 0. The third-order valence-electron chi connectivity index (χ3n) is 5.11. The van der Waals surface area contributed by atoms with Crippen LogP contribution in [0, 0.1) is 0 Å². The van der Waals surface area contributed by atoms with Crippen LogP contribution in [-0.2, 0) is 9.47 Å². The van der Waals surface area contributed by atoms with Crippen molar-refractivity contribution in [2.45, 2.75) is 129 Å². The van der Waals surface area contributed by atoms with Crippen molar-refractivity contribution in [1.82, 2.24) is 0 Å². The van der Waals surface area contributed by atoms with Crippen molar-refractivity contribution in [3.63, 3.8) is 0 Å². The van der Waals surface area contributed by atoms with Crippen molar-refractivity contribution in [2.24, 2.45) is 0 Å². The van der Waals surface area contributed by atoms with Gasteiger partial charge in [-0.2, -0.15) is 0 Å². The number of unbranched alkanes of at least 4 members (excludes halogenated alkanes) is 15. The molecule has 1 atom stereocenters. The zero-order valence-electron chi connectivity index (χ0n) is 18.7. The Kier molecular flexibility index (Phi) is 23.8. The second kappa shape index (κ2) is 23.9. The molecule has 1 unspecified atom stereocenters. The fourth-order valence-corrected chi connectivity index (χ4v) is 3.38. The van der Waals surface area contributed by atoms with E-state index >= 15 is 0 Å². The van der Waals surface area contributed by atoms with Gasteiger partial charge in [0.05, 0.1) is 13.2 Å². The van der Waals surface area contributed by atoms with Gasteiger partial charge in [0.1, 0.15) is 6.10 Å². The molecule has 0 aromatic rings. The van der Waals surface area contributed by atoms with Crippen molar-refractivity contribution in [2.75, 3.05) is 26.4 Å². The molecular weight excluding hydrogens is 336 g/mol. The summed E-state index contributed by atoms with van der Waals surface area (Å²) in [6, 6.07) is 0. The van der Waals surface area contributed by atoms with E-state index in [2.05, 4.69) is 13.8 Å². The molecule has 0 aliphatic rings. The molecular formula is C24H50O3. The number of aliphatic hydroxyl groups is 1. The monoisotopic (exact) mass is 386 g/mol. The molecule has 3 nitrogen and oxygen atoms in total. The van der Waals surface area contributed by atoms with Crippen LogP contribution in [0.15, 0.2) is 0 Å². The third kappa shape index (κ3) is 23.8. The lowest BCUT2D eigenvalue weighted by atomic mass is 10.0. The molecule has 0 saturated carbocycles. The van der Waals surface area contributed by atoms with E-state index in [9.17, 15) is 5.11 Å². The second-order valence-electron chi connectivity index (χ2n) is 8.11. The number of rotatable bonds is 23. The normalized spacial score (nSPS) is 12.6. The summed E-state index contributed by atoms with van der Waals surface area (Å²) in [6.07, 6.45) is 22.7. The summed E-state index contributed by atoms with van der Waals surface area (Å²) in [5.41, 5.74) is 0. The Morgan fingerprint density at radius 2 is 0.852 bits per heavy atom. The fourth-order valence-electron chi connectivity index (χ4n) is 3.38. The Hall–Kier alpha value is -0.120. The lowest BCUT2D eigenvalue weighted by Gasteiger charge is -2.11. The van der Waals surface area contributed by atoms with E-state index in [4.69, 9.17) is 9.47 Å². The van der Waals surface area contributed by atoms with Gasteiger partial charge in [-0.05, 0) is 12.8 Å². The van der Waals surface area contributed by atoms with Gasteiger partial charge in [-0.15, -0.1) is 0 Å². The first kappa shape index (κ1) is 26.9. The molecule has 0 saturated heterocycles. The van der Waals surface area contributed by atoms with Crippen LogP contribution in [0.4, 0.5) is 0 Å². The van der Waals surface area contributed by atoms with E-state index in [-0.39, 0.29) is 0 Å². The Bertz CT molecular complexity index is 258. The summed E-state index contributed by atoms with van der Waals surface area (Å²) in [4.78, 5) is 0. The molecule has 0 radical (unpaired) electrons. The molecule has 0 rings (SSSR count). The lowest BCUT2D eigenvalue weighted by molar-refractivity contribution is -0.0192. The molecule has 164 valence electrons. The highest BCUT2D eigenvalue weighted by atomic mass is 16.5. The highest BCUT2D eigenvalue weighted by Gasteiger charge is 2.03. The van der Waals surface area contributed by atoms with Gasteiger partial charge in [0.25, 0.3) is 0 Å². The molecule has 0 aliphatic carbocycles. The molecule has 0 aliphatic heterocycles. The predicted molar refractivity (Wildman–Crippen MR) is 117 cm³/mol. The van der Waals surface area contributed by atoms with Gasteiger partial charge in [-0.3, -0.25) is 0 Å². The van der Waals surface area contributed by atoms with Crippen molar-refractivity contribution < 1.29 is 14.6 Å². The van der Waals surface area contributed by atoms with Crippen LogP contribution in [-0.4, -0.2) is 37.6 Å². The van der Waals surface area contributed by atoms with Gasteiger partial charge in [0.2, 0.25) is 0 Å². The van der Waals surface area contributed by atoms with E-state index in [1.165, 1.54) is 96.3 Å². The van der Waals surface area contributed by atoms with Crippen LogP contribution < -0.4 is 0 Å².